The zero-order valence-corrected chi connectivity index (χ0v) is 25.2. The average Bonchev–Trinajstić information content (AvgIpc) is 3.28. The van der Waals surface area contributed by atoms with E-state index in [1.165, 1.54) is 32.3 Å². The lowest BCUT2D eigenvalue weighted by molar-refractivity contribution is -0.668. The second-order valence-electron chi connectivity index (χ2n) is 8.13. The molecule has 34 heavy (non-hydrogen) atoms. The van der Waals surface area contributed by atoms with Crippen molar-refractivity contribution in [3.8, 4) is 0 Å². The summed E-state index contributed by atoms with van der Waals surface area (Å²) in [6, 6.07) is 10.7. The number of aromatic nitrogens is 1. The van der Waals surface area contributed by atoms with Crippen molar-refractivity contribution in [3.05, 3.63) is 67.6 Å². The average molecular weight is 671 g/mol. The van der Waals surface area contributed by atoms with Crippen LogP contribution in [-0.2, 0) is 11.3 Å². The maximum absolute atomic E-state index is 11.2. The molecular weight excluding hydrogens is 643 g/mol. The Morgan fingerprint density at radius 2 is 1.91 bits per heavy atom. The minimum atomic E-state index is -1.03. The summed E-state index contributed by atoms with van der Waals surface area (Å²) in [7, 11) is 0. The van der Waals surface area contributed by atoms with E-state index in [4.69, 9.17) is 0 Å². The number of carboxylic acids is 1. The molecule has 0 saturated carbocycles. The summed E-state index contributed by atoms with van der Waals surface area (Å²) in [6.07, 6.45) is 5.35. The number of fused-ring (bicyclic) bond motifs is 2. The van der Waals surface area contributed by atoms with E-state index in [2.05, 4.69) is 89.5 Å². The molecule has 0 radical (unpaired) electrons. The van der Waals surface area contributed by atoms with Crippen molar-refractivity contribution < 1.29 is 14.5 Å². The fraction of sp³-hybridized carbons (Fsp3) is 0.308. The smallest absolute Gasteiger partial charge is 0.263 e. The molecule has 180 valence electrons. The summed E-state index contributed by atoms with van der Waals surface area (Å²) >= 11 is 7.06. The molecule has 0 N–H and O–H groups in total. The molecule has 0 spiro atoms. The van der Waals surface area contributed by atoms with Gasteiger partial charge in [0.05, 0.1) is 10.7 Å². The number of allylic oxidation sites excluding steroid dienone is 2. The van der Waals surface area contributed by atoms with Crippen LogP contribution in [0.25, 0.3) is 16.3 Å². The van der Waals surface area contributed by atoms with Crippen LogP contribution in [0.15, 0.2) is 56.4 Å². The first kappa shape index (κ1) is 27.2. The van der Waals surface area contributed by atoms with Crippen molar-refractivity contribution in [1.82, 2.24) is 0 Å². The van der Waals surface area contributed by atoms with Gasteiger partial charge in [-0.2, -0.15) is 4.57 Å². The molecule has 0 unspecified atom stereocenters. The Labute approximate surface area is 234 Å². The van der Waals surface area contributed by atoms with Crippen LogP contribution >= 0.6 is 63.0 Å². The molecule has 4 nitrogen and oxygen atoms in total. The number of thiazole rings is 1. The van der Waals surface area contributed by atoms with Gasteiger partial charge in [-0.05, 0) is 74.2 Å². The summed E-state index contributed by atoms with van der Waals surface area (Å²) in [4.78, 5) is 14.9. The fourth-order valence-electron chi connectivity index (χ4n) is 3.97. The van der Waals surface area contributed by atoms with Crippen molar-refractivity contribution in [2.75, 3.05) is 11.4 Å². The molecule has 3 aromatic rings. The van der Waals surface area contributed by atoms with Crippen LogP contribution in [0.1, 0.15) is 42.8 Å². The van der Waals surface area contributed by atoms with Crippen molar-refractivity contribution >= 4 is 91.0 Å². The van der Waals surface area contributed by atoms with Crippen molar-refractivity contribution in [3.63, 3.8) is 0 Å². The highest BCUT2D eigenvalue weighted by molar-refractivity contribution is 14.0. The first-order valence-corrected chi connectivity index (χ1v) is 13.5. The van der Waals surface area contributed by atoms with Gasteiger partial charge in [-0.15, -0.1) is 24.0 Å². The number of rotatable bonds is 7. The van der Waals surface area contributed by atoms with Crippen LogP contribution in [0.2, 0.25) is 0 Å². The number of hydrogen-bond donors (Lipinski definition) is 0. The summed E-state index contributed by atoms with van der Waals surface area (Å²) in [5.74, 6) is -1.03. The molecule has 1 aliphatic heterocycles. The largest absolute Gasteiger partial charge is 0.550 e. The zero-order chi connectivity index (χ0) is 23.7. The van der Waals surface area contributed by atoms with Crippen molar-refractivity contribution in [1.29, 1.82) is 0 Å². The second kappa shape index (κ2) is 11.6. The van der Waals surface area contributed by atoms with Gasteiger partial charge >= 0.3 is 0 Å². The van der Waals surface area contributed by atoms with E-state index in [0.29, 0.717) is 6.54 Å². The maximum Gasteiger partial charge on any atom is 0.263 e. The molecular formula is C26H28BrIN2O2S2. The topological polar surface area (TPSA) is 47.2 Å². The summed E-state index contributed by atoms with van der Waals surface area (Å²) < 4.78 is 4.21. The van der Waals surface area contributed by atoms with Gasteiger partial charge in [0.2, 0.25) is 5.52 Å². The van der Waals surface area contributed by atoms with Gasteiger partial charge in [-0.1, -0.05) is 46.0 Å². The lowest BCUT2D eigenvalue weighted by atomic mass is 10.1. The summed E-state index contributed by atoms with van der Waals surface area (Å²) in [5, 5.41) is 13.5. The van der Waals surface area contributed by atoms with Gasteiger partial charge in [0, 0.05) is 40.4 Å². The number of carbonyl (C=O) groups is 1. The second-order valence-corrected chi connectivity index (χ2v) is 11.2. The Hall–Kier alpha value is -1.36. The Bertz CT molecular complexity index is 1300. The van der Waals surface area contributed by atoms with E-state index in [1.807, 2.05) is 17.8 Å². The molecule has 0 amide bonds. The first-order chi connectivity index (χ1) is 15.8. The number of carbonyl (C=O) groups excluding carboxylic acids is 1. The molecule has 8 heteroatoms. The predicted octanol–water partition coefficient (Wildman–Crippen LogP) is 6.59. The fourth-order valence-corrected chi connectivity index (χ4v) is 6.74. The van der Waals surface area contributed by atoms with Crippen LogP contribution < -0.4 is 14.6 Å². The van der Waals surface area contributed by atoms with E-state index in [1.54, 1.807) is 11.3 Å². The summed E-state index contributed by atoms with van der Waals surface area (Å²) in [6.45, 7) is 9.97. The number of halogens is 2. The molecule has 0 bridgehead atoms. The van der Waals surface area contributed by atoms with Gasteiger partial charge in [0.1, 0.15) is 4.70 Å². The number of carboxylic acid groups (broad SMARTS) is 1. The molecule has 1 aliphatic rings. The number of anilines is 1. The number of nitrogens with zero attached hydrogens (tertiary/aromatic N) is 2. The minimum absolute atomic E-state index is 0. The Balaban J connectivity index is 0.00000324. The highest BCUT2D eigenvalue weighted by atomic mass is 127. The Kier molecular flexibility index (Phi) is 9.28. The Morgan fingerprint density at radius 3 is 2.59 bits per heavy atom. The molecule has 0 saturated heterocycles. The van der Waals surface area contributed by atoms with E-state index in [-0.39, 0.29) is 30.4 Å². The number of benzene rings is 2. The van der Waals surface area contributed by atoms with E-state index >= 15 is 0 Å². The third-order valence-corrected chi connectivity index (χ3v) is 8.62. The molecule has 0 fully saturated rings. The molecule has 0 atom stereocenters. The Morgan fingerprint density at radius 1 is 1.18 bits per heavy atom. The van der Waals surface area contributed by atoms with Crippen LogP contribution in [0.5, 0.6) is 0 Å². The van der Waals surface area contributed by atoms with Gasteiger partial charge in [0.15, 0.2) is 6.54 Å². The van der Waals surface area contributed by atoms with Crippen molar-refractivity contribution in [2.24, 2.45) is 0 Å². The SMILES string of the molecule is CCC(=Cc1sc2ccc(Br)cc2[n+]1CCC(=O)[O-])C=C1Sc2cc(C)c(C)cc2N1CC.I. The highest BCUT2D eigenvalue weighted by Crippen LogP contribution is 2.47. The van der Waals surface area contributed by atoms with Gasteiger partial charge in [-0.3, -0.25) is 0 Å². The standard InChI is InChI=1S/C26H27BrN2O2S2.HI/c1-5-18(13-24-28(6-2)20-11-16(3)17(4)12-23(20)33-24)14-25-29(10-9-26(30)31)21-15-19(27)7-8-22(21)32-25;/h7-8,11-15H,5-6,9-10H2,1-4H3;1H. The molecule has 0 aliphatic carbocycles. The van der Waals surface area contributed by atoms with Crippen LogP contribution in [0.4, 0.5) is 5.69 Å². The van der Waals surface area contributed by atoms with Crippen molar-refractivity contribution in [2.45, 2.75) is 52.0 Å². The van der Waals surface area contributed by atoms with E-state index < -0.39 is 5.97 Å². The number of hydrogen-bond acceptors (Lipinski definition) is 5. The molecule has 2 aromatic carbocycles. The third-order valence-electron chi connectivity index (χ3n) is 5.92. The predicted molar refractivity (Wildman–Crippen MR) is 156 cm³/mol. The van der Waals surface area contributed by atoms with Crippen LogP contribution in [-0.4, -0.2) is 12.5 Å². The lowest BCUT2D eigenvalue weighted by Gasteiger charge is -2.19. The molecule has 4 rings (SSSR count). The third kappa shape index (κ3) is 5.71. The van der Waals surface area contributed by atoms with Crippen LogP contribution in [0, 0.1) is 13.8 Å². The van der Waals surface area contributed by atoms with Crippen LogP contribution in [0.3, 0.4) is 0 Å². The highest BCUT2D eigenvalue weighted by Gasteiger charge is 2.25. The van der Waals surface area contributed by atoms with Gasteiger partial charge < -0.3 is 14.8 Å². The van der Waals surface area contributed by atoms with Gasteiger partial charge in [0.25, 0.3) is 5.01 Å². The van der Waals surface area contributed by atoms with E-state index in [0.717, 1.165) is 32.7 Å². The summed E-state index contributed by atoms with van der Waals surface area (Å²) in [5.41, 5.74) is 6.16. The number of thioether (sulfide) groups is 1. The molecule has 1 aromatic heterocycles. The lowest BCUT2D eigenvalue weighted by Crippen LogP contribution is -2.38. The maximum atomic E-state index is 11.2. The molecule has 2 heterocycles. The monoisotopic (exact) mass is 670 g/mol. The van der Waals surface area contributed by atoms with Gasteiger partial charge in [-0.25, -0.2) is 0 Å². The van der Waals surface area contributed by atoms with E-state index in [9.17, 15) is 9.90 Å². The zero-order valence-electron chi connectivity index (χ0n) is 19.7. The first-order valence-electron chi connectivity index (χ1n) is 11.1. The quantitative estimate of drug-likeness (QED) is 0.210. The minimum Gasteiger partial charge on any atom is -0.550 e. The number of aliphatic carboxylic acids is 1. The number of aryl methyl sites for hydroxylation is 3. The normalized spacial score (nSPS) is 14.6.